The first kappa shape index (κ1) is 19.9. The number of esters is 1. The molecule has 26 heavy (non-hydrogen) atoms. The van der Waals surface area contributed by atoms with E-state index in [4.69, 9.17) is 9.84 Å². The molecule has 0 aromatic heterocycles. The number of benzene rings is 2. The lowest BCUT2D eigenvalue weighted by Gasteiger charge is -2.12. The monoisotopic (exact) mass is 352 g/mol. The second-order valence-electron chi connectivity index (χ2n) is 6.68. The van der Waals surface area contributed by atoms with E-state index in [1.54, 1.807) is 6.92 Å². The standard InChI is InChI=1S/C23H28O3/c1-4-5-21-13-12-19(14-22(21)16-26-23(25)17(2)3)9-6-18-7-10-20(15-24)11-8-18/h7-8,10-14,24H,2,4-6,9,15-16H2,1,3H3. The van der Waals surface area contributed by atoms with Crippen LogP contribution in [0, 0.1) is 0 Å². The van der Waals surface area contributed by atoms with Crippen LogP contribution in [0.1, 0.15) is 48.1 Å². The van der Waals surface area contributed by atoms with Gasteiger partial charge in [0.2, 0.25) is 0 Å². The summed E-state index contributed by atoms with van der Waals surface area (Å²) in [6, 6.07) is 14.5. The summed E-state index contributed by atoms with van der Waals surface area (Å²) < 4.78 is 5.36. The SMILES string of the molecule is C=C(C)C(=O)OCc1cc(CCc2ccc(CO)cc2)ccc1CCC. The fraction of sp³-hybridized carbons (Fsp3) is 0.348. The summed E-state index contributed by atoms with van der Waals surface area (Å²) in [5, 5.41) is 9.12. The van der Waals surface area contributed by atoms with Gasteiger partial charge >= 0.3 is 5.97 Å². The minimum absolute atomic E-state index is 0.0748. The summed E-state index contributed by atoms with van der Waals surface area (Å²) in [6.45, 7) is 7.80. The summed E-state index contributed by atoms with van der Waals surface area (Å²) in [7, 11) is 0. The molecular weight excluding hydrogens is 324 g/mol. The Labute approximate surface area is 156 Å². The predicted molar refractivity (Wildman–Crippen MR) is 105 cm³/mol. The molecule has 0 saturated heterocycles. The quantitative estimate of drug-likeness (QED) is 0.532. The van der Waals surface area contributed by atoms with Gasteiger partial charge in [0.15, 0.2) is 0 Å². The van der Waals surface area contributed by atoms with Gasteiger partial charge in [0, 0.05) is 5.57 Å². The van der Waals surface area contributed by atoms with Crippen molar-refractivity contribution in [2.45, 2.75) is 52.7 Å². The zero-order valence-corrected chi connectivity index (χ0v) is 15.8. The van der Waals surface area contributed by atoms with E-state index in [2.05, 4.69) is 43.8 Å². The second-order valence-corrected chi connectivity index (χ2v) is 6.68. The van der Waals surface area contributed by atoms with Gasteiger partial charge in [0.05, 0.1) is 6.61 Å². The maximum Gasteiger partial charge on any atom is 0.333 e. The molecule has 1 N–H and O–H groups in total. The molecule has 0 aliphatic heterocycles. The van der Waals surface area contributed by atoms with E-state index in [1.807, 2.05) is 12.1 Å². The highest BCUT2D eigenvalue weighted by Gasteiger charge is 2.08. The van der Waals surface area contributed by atoms with Crippen molar-refractivity contribution in [1.29, 1.82) is 0 Å². The molecular formula is C23H28O3. The van der Waals surface area contributed by atoms with Gasteiger partial charge in [0.1, 0.15) is 6.61 Å². The Hall–Kier alpha value is -2.39. The van der Waals surface area contributed by atoms with Crippen LogP contribution in [0.2, 0.25) is 0 Å². The van der Waals surface area contributed by atoms with Crippen LogP contribution in [0.5, 0.6) is 0 Å². The highest BCUT2D eigenvalue weighted by molar-refractivity contribution is 5.86. The summed E-state index contributed by atoms with van der Waals surface area (Å²) >= 11 is 0. The van der Waals surface area contributed by atoms with Crippen molar-refractivity contribution in [3.05, 3.63) is 82.4 Å². The third-order valence-electron chi connectivity index (χ3n) is 4.41. The fourth-order valence-electron chi connectivity index (χ4n) is 2.85. The van der Waals surface area contributed by atoms with E-state index >= 15 is 0 Å². The fourth-order valence-corrected chi connectivity index (χ4v) is 2.85. The van der Waals surface area contributed by atoms with Crippen LogP contribution in [0.25, 0.3) is 0 Å². The number of hydrogen-bond donors (Lipinski definition) is 1. The van der Waals surface area contributed by atoms with E-state index in [1.165, 1.54) is 16.7 Å². The Morgan fingerprint density at radius 1 is 0.962 bits per heavy atom. The van der Waals surface area contributed by atoms with E-state index in [0.29, 0.717) is 12.2 Å². The Morgan fingerprint density at radius 3 is 2.19 bits per heavy atom. The summed E-state index contributed by atoms with van der Waals surface area (Å²) in [6.07, 6.45) is 3.89. The van der Waals surface area contributed by atoms with Crippen molar-refractivity contribution in [2.75, 3.05) is 0 Å². The Balaban J connectivity index is 2.06. The first-order chi connectivity index (χ1) is 12.5. The van der Waals surface area contributed by atoms with Gasteiger partial charge in [-0.1, -0.05) is 62.4 Å². The zero-order chi connectivity index (χ0) is 18.9. The van der Waals surface area contributed by atoms with Crippen molar-refractivity contribution in [3.63, 3.8) is 0 Å². The number of carbonyl (C=O) groups is 1. The van der Waals surface area contributed by atoms with Crippen LogP contribution in [-0.2, 0) is 42.0 Å². The molecule has 0 bridgehead atoms. The van der Waals surface area contributed by atoms with Gasteiger partial charge in [-0.2, -0.15) is 0 Å². The van der Waals surface area contributed by atoms with Crippen molar-refractivity contribution in [3.8, 4) is 0 Å². The summed E-state index contributed by atoms with van der Waals surface area (Å²) in [5.74, 6) is -0.346. The van der Waals surface area contributed by atoms with Crippen LogP contribution >= 0.6 is 0 Å². The first-order valence-electron chi connectivity index (χ1n) is 9.15. The van der Waals surface area contributed by atoms with Crippen LogP contribution in [0.3, 0.4) is 0 Å². The first-order valence-corrected chi connectivity index (χ1v) is 9.15. The average molecular weight is 352 g/mol. The molecule has 138 valence electrons. The van der Waals surface area contributed by atoms with Crippen LogP contribution in [0.4, 0.5) is 0 Å². The number of ether oxygens (including phenoxy) is 1. The molecule has 0 saturated carbocycles. The highest BCUT2D eigenvalue weighted by Crippen LogP contribution is 2.18. The Kier molecular flexibility index (Phi) is 7.61. The van der Waals surface area contributed by atoms with Crippen LogP contribution in [-0.4, -0.2) is 11.1 Å². The van der Waals surface area contributed by atoms with Crippen molar-refractivity contribution >= 4 is 5.97 Å². The zero-order valence-electron chi connectivity index (χ0n) is 15.8. The van der Waals surface area contributed by atoms with Gasteiger partial charge in [-0.05, 0) is 54.0 Å². The largest absolute Gasteiger partial charge is 0.457 e. The van der Waals surface area contributed by atoms with Gasteiger partial charge in [-0.3, -0.25) is 0 Å². The molecule has 0 spiro atoms. The lowest BCUT2D eigenvalue weighted by Crippen LogP contribution is -2.07. The Morgan fingerprint density at radius 2 is 1.58 bits per heavy atom. The van der Waals surface area contributed by atoms with E-state index in [-0.39, 0.29) is 12.6 Å². The van der Waals surface area contributed by atoms with Gasteiger partial charge in [-0.15, -0.1) is 0 Å². The predicted octanol–water partition coefficient (Wildman–Crippen LogP) is 4.54. The smallest absolute Gasteiger partial charge is 0.333 e. The minimum atomic E-state index is -0.346. The topological polar surface area (TPSA) is 46.5 Å². The number of carbonyl (C=O) groups excluding carboxylic acids is 1. The van der Waals surface area contributed by atoms with Gasteiger partial charge < -0.3 is 9.84 Å². The lowest BCUT2D eigenvalue weighted by atomic mass is 9.97. The highest BCUT2D eigenvalue weighted by atomic mass is 16.5. The molecule has 2 rings (SSSR count). The van der Waals surface area contributed by atoms with Crippen LogP contribution < -0.4 is 0 Å². The molecule has 0 radical (unpaired) electrons. The lowest BCUT2D eigenvalue weighted by molar-refractivity contribution is -0.140. The number of hydrogen-bond acceptors (Lipinski definition) is 3. The molecule has 2 aromatic rings. The summed E-state index contributed by atoms with van der Waals surface area (Å²) in [4.78, 5) is 11.7. The number of aryl methyl sites for hydroxylation is 3. The normalized spacial score (nSPS) is 10.6. The van der Waals surface area contributed by atoms with Crippen molar-refractivity contribution < 1.29 is 14.6 Å². The molecule has 0 unspecified atom stereocenters. The molecule has 0 heterocycles. The Bertz CT molecular complexity index is 745. The minimum Gasteiger partial charge on any atom is -0.457 e. The van der Waals surface area contributed by atoms with Crippen molar-refractivity contribution in [2.24, 2.45) is 0 Å². The molecule has 2 aromatic carbocycles. The molecule has 3 nitrogen and oxygen atoms in total. The molecule has 0 amide bonds. The number of rotatable bonds is 9. The molecule has 0 aliphatic rings. The number of aliphatic hydroxyl groups excluding tert-OH is 1. The maximum absolute atomic E-state index is 11.7. The second kappa shape index (κ2) is 9.93. The van der Waals surface area contributed by atoms with E-state index in [0.717, 1.165) is 36.8 Å². The van der Waals surface area contributed by atoms with E-state index < -0.39 is 0 Å². The summed E-state index contributed by atoms with van der Waals surface area (Å²) in [5.41, 5.74) is 6.14. The number of aliphatic hydroxyl groups is 1. The van der Waals surface area contributed by atoms with Crippen molar-refractivity contribution in [1.82, 2.24) is 0 Å². The average Bonchev–Trinajstić information content (AvgIpc) is 2.66. The molecule has 3 heteroatoms. The van der Waals surface area contributed by atoms with Crippen LogP contribution in [0.15, 0.2) is 54.6 Å². The molecule has 0 aliphatic carbocycles. The molecule has 0 fully saturated rings. The maximum atomic E-state index is 11.7. The van der Waals surface area contributed by atoms with Gasteiger partial charge in [0.25, 0.3) is 0 Å². The third-order valence-corrected chi connectivity index (χ3v) is 4.41. The molecule has 0 atom stereocenters. The van der Waals surface area contributed by atoms with E-state index in [9.17, 15) is 4.79 Å². The third kappa shape index (κ3) is 5.85. The van der Waals surface area contributed by atoms with Gasteiger partial charge in [-0.25, -0.2) is 4.79 Å².